The zero-order valence-corrected chi connectivity index (χ0v) is 20.4. The highest BCUT2D eigenvalue weighted by molar-refractivity contribution is 7.99. The Morgan fingerprint density at radius 3 is 2.79 bits per heavy atom. The molecule has 0 unspecified atom stereocenters. The van der Waals surface area contributed by atoms with Gasteiger partial charge in [-0.25, -0.2) is 13.6 Å². The average Bonchev–Trinajstić information content (AvgIpc) is 3.60. The Morgan fingerprint density at radius 2 is 2.12 bits per heavy atom. The van der Waals surface area contributed by atoms with Gasteiger partial charge in [-0.05, 0) is 74.3 Å². The van der Waals surface area contributed by atoms with Crippen molar-refractivity contribution in [1.82, 2.24) is 14.8 Å². The molecule has 0 spiro atoms. The van der Waals surface area contributed by atoms with E-state index < -0.39 is 10.0 Å². The van der Waals surface area contributed by atoms with Gasteiger partial charge in [-0.2, -0.15) is 0 Å². The molecule has 11 heteroatoms. The summed E-state index contributed by atoms with van der Waals surface area (Å²) in [4.78, 5) is 12.6. The average molecular weight is 502 g/mol. The lowest BCUT2D eigenvalue weighted by Crippen LogP contribution is -2.23. The van der Waals surface area contributed by atoms with E-state index in [9.17, 15) is 13.2 Å². The first-order chi connectivity index (χ1) is 16.3. The fourth-order valence-corrected chi connectivity index (χ4v) is 6.85. The van der Waals surface area contributed by atoms with Crippen LogP contribution < -0.4 is 10.5 Å². The van der Waals surface area contributed by atoms with Crippen molar-refractivity contribution < 1.29 is 17.6 Å². The Kier molecular flexibility index (Phi) is 6.26. The molecular weight excluding hydrogens is 474 g/mol. The van der Waals surface area contributed by atoms with Gasteiger partial charge >= 0.3 is 0 Å². The molecule has 3 N–H and O–H groups in total. The van der Waals surface area contributed by atoms with Crippen LogP contribution in [0.3, 0.4) is 0 Å². The fraction of sp³-hybridized carbons (Fsp3) is 0.435. The predicted molar refractivity (Wildman–Crippen MR) is 129 cm³/mol. The maximum atomic E-state index is 12.6. The van der Waals surface area contributed by atoms with E-state index in [4.69, 9.17) is 9.56 Å². The predicted octanol–water partition coefficient (Wildman–Crippen LogP) is 3.91. The number of primary sulfonamides is 1. The second-order valence-corrected chi connectivity index (χ2v) is 11.6. The summed E-state index contributed by atoms with van der Waals surface area (Å²) in [6.07, 6.45) is 6.74. The molecule has 2 aromatic heterocycles. The third-order valence-corrected chi connectivity index (χ3v) is 8.86. The minimum Gasteiger partial charge on any atom is -0.461 e. The number of nitrogens with zero attached hydrogens (tertiary/aromatic N) is 3. The largest absolute Gasteiger partial charge is 0.461 e. The highest BCUT2D eigenvalue weighted by Crippen LogP contribution is 2.53. The molecule has 2 aliphatic carbocycles. The van der Waals surface area contributed by atoms with E-state index in [1.54, 1.807) is 12.3 Å². The van der Waals surface area contributed by atoms with Crippen LogP contribution in [0.4, 0.5) is 5.69 Å². The molecular formula is C23H27N5O4S2. The van der Waals surface area contributed by atoms with Gasteiger partial charge in [0.25, 0.3) is 0 Å². The summed E-state index contributed by atoms with van der Waals surface area (Å²) in [6.45, 7) is 2.21. The summed E-state index contributed by atoms with van der Waals surface area (Å²) in [6, 6.07) is 9.75. The highest BCUT2D eigenvalue weighted by Gasteiger charge is 2.43. The molecule has 2 heterocycles. The van der Waals surface area contributed by atoms with Gasteiger partial charge < -0.3 is 9.73 Å². The van der Waals surface area contributed by atoms with E-state index in [1.807, 2.05) is 12.1 Å². The number of hydrogen-bond acceptors (Lipinski definition) is 7. The molecule has 0 aliphatic heterocycles. The maximum absolute atomic E-state index is 12.6. The number of nitrogens with two attached hydrogens (primary N) is 1. The third kappa shape index (κ3) is 4.64. The van der Waals surface area contributed by atoms with Gasteiger partial charge in [0, 0.05) is 11.7 Å². The third-order valence-electron chi connectivity index (χ3n) is 7.00. The molecule has 0 saturated heterocycles. The van der Waals surface area contributed by atoms with Crippen LogP contribution in [-0.2, 0) is 14.8 Å². The van der Waals surface area contributed by atoms with E-state index in [-0.39, 0.29) is 22.6 Å². The Bertz CT molecular complexity index is 1290. The van der Waals surface area contributed by atoms with E-state index in [2.05, 4.69) is 27.0 Å². The molecule has 3 aromatic rings. The number of hydrogen-bond donors (Lipinski definition) is 2. The zero-order valence-electron chi connectivity index (χ0n) is 18.8. The Morgan fingerprint density at radius 1 is 1.26 bits per heavy atom. The van der Waals surface area contributed by atoms with Crippen LogP contribution in [0.1, 0.15) is 38.6 Å². The van der Waals surface area contributed by atoms with E-state index in [1.165, 1.54) is 55.6 Å². The number of carbonyl (C=O) groups excluding carboxylic acids is 1. The van der Waals surface area contributed by atoms with Crippen molar-refractivity contribution in [3.63, 3.8) is 0 Å². The number of rotatable bonds is 8. The van der Waals surface area contributed by atoms with Crippen molar-refractivity contribution >= 4 is 33.4 Å². The zero-order chi connectivity index (χ0) is 23.9. The summed E-state index contributed by atoms with van der Waals surface area (Å²) in [5.74, 6) is 3.23. The topological polar surface area (TPSA) is 133 Å². The quantitative estimate of drug-likeness (QED) is 0.447. The van der Waals surface area contributed by atoms with Crippen LogP contribution in [0.25, 0.3) is 11.6 Å². The van der Waals surface area contributed by atoms with Crippen LogP contribution in [0, 0.1) is 17.8 Å². The summed E-state index contributed by atoms with van der Waals surface area (Å²) in [5.41, 5.74) is 0.366. The summed E-state index contributed by atoms with van der Waals surface area (Å²) < 4.78 is 30.9. The Hall–Kier alpha value is -2.63. The highest BCUT2D eigenvalue weighted by atomic mass is 32.2. The molecule has 9 nitrogen and oxygen atoms in total. The Labute approximate surface area is 202 Å². The molecule has 1 aromatic carbocycles. The molecule has 2 aliphatic rings. The molecule has 0 radical (unpaired) electrons. The van der Waals surface area contributed by atoms with Crippen LogP contribution in [-0.4, -0.2) is 34.8 Å². The normalized spacial score (nSPS) is 22.7. The van der Waals surface area contributed by atoms with Gasteiger partial charge in [-0.3, -0.25) is 9.36 Å². The molecule has 2 bridgehead atoms. The van der Waals surface area contributed by atoms with Gasteiger partial charge in [0.15, 0.2) is 10.9 Å². The molecule has 5 rings (SSSR count). The second kappa shape index (κ2) is 9.20. The Balaban J connectivity index is 1.33. The number of anilines is 1. The number of aromatic nitrogens is 3. The lowest BCUT2D eigenvalue weighted by Gasteiger charge is -2.30. The van der Waals surface area contributed by atoms with E-state index in [0.717, 1.165) is 11.8 Å². The lowest BCUT2D eigenvalue weighted by atomic mass is 9.84. The van der Waals surface area contributed by atoms with Gasteiger partial charge in [-0.1, -0.05) is 24.2 Å². The number of thioether (sulfide) groups is 1. The van der Waals surface area contributed by atoms with Gasteiger partial charge in [0.2, 0.25) is 21.8 Å². The van der Waals surface area contributed by atoms with Crippen molar-refractivity contribution in [3.8, 4) is 11.6 Å². The molecule has 2 fully saturated rings. The number of sulfonamides is 1. The number of amides is 1. The molecule has 2 saturated carbocycles. The lowest BCUT2D eigenvalue weighted by molar-refractivity contribution is -0.113. The van der Waals surface area contributed by atoms with Crippen molar-refractivity contribution in [1.29, 1.82) is 0 Å². The first kappa shape index (κ1) is 23.1. The number of fused-ring (bicyclic) bond motifs is 2. The fourth-order valence-electron chi connectivity index (χ4n) is 5.47. The number of furan rings is 1. The minimum absolute atomic E-state index is 0.0551. The SMILES string of the molecule is C[C@H]([C@H]1C[C@H]2CC[C@H]1C2)n1c(SCC(=O)Nc2cccc(S(N)(=O)=O)c2)nnc1-c1ccco1. The van der Waals surface area contributed by atoms with Crippen molar-refractivity contribution in [2.45, 2.75) is 48.7 Å². The number of carbonyl (C=O) groups is 1. The van der Waals surface area contributed by atoms with Gasteiger partial charge in [0.1, 0.15) is 0 Å². The maximum Gasteiger partial charge on any atom is 0.238 e. The van der Waals surface area contributed by atoms with E-state index >= 15 is 0 Å². The summed E-state index contributed by atoms with van der Waals surface area (Å²) >= 11 is 1.30. The smallest absolute Gasteiger partial charge is 0.238 e. The molecule has 180 valence electrons. The summed E-state index contributed by atoms with van der Waals surface area (Å²) in [7, 11) is -3.85. The van der Waals surface area contributed by atoms with Gasteiger partial charge in [-0.15, -0.1) is 10.2 Å². The molecule has 4 atom stereocenters. The van der Waals surface area contributed by atoms with Crippen molar-refractivity contribution in [2.75, 3.05) is 11.1 Å². The number of benzene rings is 1. The number of nitrogens with one attached hydrogen (secondary N) is 1. The molecule has 1 amide bonds. The summed E-state index contributed by atoms with van der Waals surface area (Å²) in [5, 5.41) is 17.4. The van der Waals surface area contributed by atoms with Gasteiger partial charge in [0.05, 0.1) is 16.9 Å². The molecule has 34 heavy (non-hydrogen) atoms. The van der Waals surface area contributed by atoms with Crippen molar-refractivity contribution in [3.05, 3.63) is 42.7 Å². The van der Waals surface area contributed by atoms with Crippen LogP contribution in [0.15, 0.2) is 57.1 Å². The van der Waals surface area contributed by atoms with Crippen molar-refractivity contribution in [2.24, 2.45) is 22.9 Å². The van der Waals surface area contributed by atoms with Crippen LogP contribution >= 0.6 is 11.8 Å². The second-order valence-electron chi connectivity index (χ2n) is 9.14. The van der Waals surface area contributed by atoms with Crippen LogP contribution in [0.5, 0.6) is 0 Å². The minimum atomic E-state index is -3.85. The van der Waals surface area contributed by atoms with Crippen LogP contribution in [0.2, 0.25) is 0 Å². The standard InChI is InChI=1S/C23H27N5O4S2/c1-14(19-11-15-7-8-16(19)10-15)28-22(20-6-3-9-32-20)26-27-23(28)33-13-21(29)25-17-4-2-5-18(12-17)34(24,30)31/h2-6,9,12,14-16,19H,7-8,10-11,13H2,1H3,(H,25,29)(H2,24,30,31)/t14-,15+,16+,19-/m1/s1. The van der Waals surface area contributed by atoms with E-state index in [0.29, 0.717) is 28.3 Å². The first-order valence-electron chi connectivity index (χ1n) is 11.3. The monoisotopic (exact) mass is 501 g/mol. The first-order valence-corrected chi connectivity index (χ1v) is 13.9.